The first-order chi connectivity index (χ1) is 10.1. The number of rotatable bonds is 5. The van der Waals surface area contributed by atoms with E-state index in [9.17, 15) is 13.6 Å². The lowest BCUT2D eigenvalue weighted by Crippen LogP contribution is -2.46. The molecule has 1 amide bonds. The molecule has 1 aromatic rings. The van der Waals surface area contributed by atoms with E-state index in [1.54, 1.807) is 11.8 Å². The van der Waals surface area contributed by atoms with Gasteiger partial charge in [-0.15, -0.1) is 0 Å². The molecule has 2 N–H and O–H groups in total. The molecule has 0 aromatic heterocycles. The van der Waals surface area contributed by atoms with Gasteiger partial charge < -0.3 is 20.1 Å². The minimum Gasteiger partial charge on any atom is -0.497 e. The number of hydrogen-bond acceptors (Lipinski definition) is 5. The van der Waals surface area contributed by atoms with Crippen molar-refractivity contribution in [1.82, 2.24) is 5.32 Å². The van der Waals surface area contributed by atoms with Crippen molar-refractivity contribution in [3.05, 3.63) is 18.2 Å². The van der Waals surface area contributed by atoms with Crippen molar-refractivity contribution in [2.75, 3.05) is 30.5 Å². The predicted octanol–water partition coefficient (Wildman–Crippen LogP) is 1.94. The Bertz CT molecular complexity index is 496. The third-order valence-corrected chi connectivity index (χ3v) is 3.96. The van der Waals surface area contributed by atoms with E-state index in [1.165, 1.54) is 25.3 Å². The molecule has 1 aliphatic rings. The summed E-state index contributed by atoms with van der Waals surface area (Å²) in [5.74, 6) is 1.65. The number of amides is 1. The number of methoxy groups -OCH3 is 1. The molecule has 1 atom stereocenters. The van der Waals surface area contributed by atoms with Crippen LogP contribution in [0.5, 0.6) is 11.5 Å². The standard InChI is InChI=1S/C13H16F2N2O3S/c1-19-8-2-3-11(20-13(14)15)9(6-8)17-12(18)10-7-21-5-4-16-10/h2-3,6,10,13,16H,4-5,7H2,1H3,(H,17,18). The SMILES string of the molecule is COc1ccc(OC(F)F)c(NC(=O)C2CSCCN2)c1. The van der Waals surface area contributed by atoms with E-state index in [0.717, 1.165) is 12.3 Å². The number of halogens is 2. The zero-order chi connectivity index (χ0) is 15.2. The van der Waals surface area contributed by atoms with Crippen LogP contribution in [0.4, 0.5) is 14.5 Å². The summed E-state index contributed by atoms with van der Waals surface area (Å²) in [6.07, 6.45) is 0. The fraction of sp³-hybridized carbons (Fsp3) is 0.462. The van der Waals surface area contributed by atoms with Gasteiger partial charge >= 0.3 is 6.61 Å². The summed E-state index contributed by atoms with van der Waals surface area (Å²) >= 11 is 1.67. The van der Waals surface area contributed by atoms with E-state index in [4.69, 9.17) is 4.74 Å². The largest absolute Gasteiger partial charge is 0.497 e. The molecule has 0 bridgehead atoms. The molecule has 1 saturated heterocycles. The second-order valence-corrected chi connectivity index (χ2v) is 5.46. The van der Waals surface area contributed by atoms with Gasteiger partial charge in [0.25, 0.3) is 0 Å². The molecule has 0 radical (unpaired) electrons. The molecule has 1 unspecified atom stereocenters. The summed E-state index contributed by atoms with van der Waals surface area (Å²) in [5, 5.41) is 5.68. The van der Waals surface area contributed by atoms with Crippen LogP contribution in [0.15, 0.2) is 18.2 Å². The van der Waals surface area contributed by atoms with Crippen molar-refractivity contribution < 1.29 is 23.0 Å². The number of alkyl halides is 2. The third kappa shape index (κ3) is 4.47. The summed E-state index contributed by atoms with van der Waals surface area (Å²) in [5.41, 5.74) is 0.164. The van der Waals surface area contributed by atoms with Crippen LogP contribution < -0.4 is 20.1 Å². The van der Waals surface area contributed by atoms with Gasteiger partial charge in [-0.1, -0.05) is 0 Å². The molecule has 5 nitrogen and oxygen atoms in total. The maximum atomic E-state index is 12.4. The zero-order valence-electron chi connectivity index (χ0n) is 11.4. The van der Waals surface area contributed by atoms with E-state index in [-0.39, 0.29) is 23.4 Å². The van der Waals surface area contributed by atoms with E-state index >= 15 is 0 Å². The number of thioether (sulfide) groups is 1. The molecular weight excluding hydrogens is 302 g/mol. The fourth-order valence-corrected chi connectivity index (χ4v) is 2.82. The second-order valence-electron chi connectivity index (χ2n) is 4.31. The molecular formula is C13H16F2N2O3S. The van der Waals surface area contributed by atoms with E-state index in [1.807, 2.05) is 0 Å². The van der Waals surface area contributed by atoms with Gasteiger partial charge in [0.05, 0.1) is 18.8 Å². The van der Waals surface area contributed by atoms with E-state index in [2.05, 4.69) is 15.4 Å². The van der Waals surface area contributed by atoms with Crippen LogP contribution in [0.2, 0.25) is 0 Å². The molecule has 1 heterocycles. The Balaban J connectivity index is 2.13. The first kappa shape index (κ1) is 15.8. The molecule has 21 heavy (non-hydrogen) atoms. The number of ether oxygens (including phenoxy) is 2. The summed E-state index contributed by atoms with van der Waals surface area (Å²) in [6.45, 7) is -2.22. The van der Waals surface area contributed by atoms with E-state index < -0.39 is 6.61 Å². The quantitative estimate of drug-likeness (QED) is 0.869. The maximum absolute atomic E-state index is 12.4. The minimum atomic E-state index is -2.96. The normalized spacial score (nSPS) is 18.4. The minimum absolute atomic E-state index is 0.0948. The van der Waals surface area contributed by atoms with Gasteiger partial charge in [0.1, 0.15) is 11.5 Å². The highest BCUT2D eigenvalue weighted by Gasteiger charge is 2.22. The van der Waals surface area contributed by atoms with Gasteiger partial charge in [-0.05, 0) is 12.1 Å². The monoisotopic (exact) mass is 318 g/mol. The van der Waals surface area contributed by atoms with Gasteiger partial charge in [0.15, 0.2) is 0 Å². The highest BCUT2D eigenvalue weighted by Crippen LogP contribution is 2.30. The third-order valence-electron chi connectivity index (χ3n) is 2.90. The van der Waals surface area contributed by atoms with Gasteiger partial charge in [0.2, 0.25) is 5.91 Å². The van der Waals surface area contributed by atoms with Crippen molar-refractivity contribution in [2.24, 2.45) is 0 Å². The number of nitrogens with one attached hydrogen (secondary N) is 2. The molecule has 2 rings (SSSR count). The van der Waals surface area contributed by atoms with Gasteiger partial charge in [0, 0.05) is 24.1 Å². The smallest absolute Gasteiger partial charge is 0.387 e. The number of hydrogen-bond donors (Lipinski definition) is 2. The number of carbonyl (C=O) groups excluding carboxylic acids is 1. The number of carbonyl (C=O) groups is 1. The second kappa shape index (κ2) is 7.46. The van der Waals surface area contributed by atoms with Gasteiger partial charge in [-0.3, -0.25) is 4.79 Å². The Labute approximate surface area is 125 Å². The van der Waals surface area contributed by atoms with Gasteiger partial charge in [-0.2, -0.15) is 20.5 Å². The lowest BCUT2D eigenvalue weighted by molar-refractivity contribution is -0.117. The Morgan fingerprint density at radius 3 is 2.95 bits per heavy atom. The average molecular weight is 318 g/mol. The Kier molecular flexibility index (Phi) is 5.63. The summed E-state index contributed by atoms with van der Waals surface area (Å²) < 4.78 is 34.2. The number of benzene rings is 1. The van der Waals surface area contributed by atoms with E-state index in [0.29, 0.717) is 11.5 Å². The van der Waals surface area contributed by atoms with Crippen LogP contribution in [0.25, 0.3) is 0 Å². The van der Waals surface area contributed by atoms with Crippen LogP contribution in [0, 0.1) is 0 Å². The van der Waals surface area contributed by atoms with Crippen LogP contribution >= 0.6 is 11.8 Å². The van der Waals surface area contributed by atoms with Gasteiger partial charge in [-0.25, -0.2) is 0 Å². The van der Waals surface area contributed by atoms with Crippen molar-refractivity contribution in [1.29, 1.82) is 0 Å². The lowest BCUT2D eigenvalue weighted by atomic mass is 10.2. The molecule has 1 aromatic carbocycles. The van der Waals surface area contributed by atoms with Crippen LogP contribution in [-0.4, -0.2) is 43.7 Å². The zero-order valence-corrected chi connectivity index (χ0v) is 12.2. The first-order valence-corrected chi connectivity index (χ1v) is 7.50. The van der Waals surface area contributed by atoms with Crippen molar-refractivity contribution in [3.63, 3.8) is 0 Å². The summed E-state index contributed by atoms with van der Waals surface area (Å²) in [6, 6.07) is 3.92. The molecule has 1 aliphatic heterocycles. The predicted molar refractivity (Wildman–Crippen MR) is 77.4 cm³/mol. The van der Waals surface area contributed by atoms with Crippen LogP contribution in [0.3, 0.4) is 0 Å². The number of anilines is 1. The molecule has 116 valence electrons. The summed E-state index contributed by atoms with van der Waals surface area (Å²) in [4.78, 5) is 12.1. The lowest BCUT2D eigenvalue weighted by Gasteiger charge is -2.23. The molecule has 1 fully saturated rings. The molecule has 0 spiro atoms. The maximum Gasteiger partial charge on any atom is 0.387 e. The van der Waals surface area contributed by atoms with Crippen LogP contribution in [-0.2, 0) is 4.79 Å². The molecule has 0 saturated carbocycles. The van der Waals surface area contributed by atoms with Crippen molar-refractivity contribution >= 4 is 23.4 Å². The van der Waals surface area contributed by atoms with Crippen LogP contribution in [0.1, 0.15) is 0 Å². The Morgan fingerprint density at radius 1 is 1.52 bits per heavy atom. The van der Waals surface area contributed by atoms with Crippen molar-refractivity contribution in [2.45, 2.75) is 12.7 Å². The first-order valence-electron chi connectivity index (χ1n) is 6.35. The Hall–Kier alpha value is -1.54. The fourth-order valence-electron chi connectivity index (χ4n) is 1.89. The average Bonchev–Trinajstić information content (AvgIpc) is 2.49. The Morgan fingerprint density at radius 2 is 2.33 bits per heavy atom. The highest BCUT2D eigenvalue weighted by atomic mass is 32.2. The summed E-state index contributed by atoms with van der Waals surface area (Å²) in [7, 11) is 1.45. The molecule has 0 aliphatic carbocycles. The topological polar surface area (TPSA) is 59.6 Å². The highest BCUT2D eigenvalue weighted by molar-refractivity contribution is 7.99. The molecule has 8 heteroatoms. The van der Waals surface area contributed by atoms with Crippen molar-refractivity contribution in [3.8, 4) is 11.5 Å².